The van der Waals surface area contributed by atoms with Gasteiger partial charge in [0, 0.05) is 26.3 Å². The highest BCUT2D eigenvalue weighted by Crippen LogP contribution is 2.28. The summed E-state index contributed by atoms with van der Waals surface area (Å²) in [6.07, 6.45) is 0. The first-order valence-electron chi connectivity index (χ1n) is 8.52. The first-order valence-corrected chi connectivity index (χ1v) is 8.52. The molecule has 0 fully saturated rings. The molecule has 1 aromatic heterocycles. The second-order valence-electron chi connectivity index (χ2n) is 6.29. The maximum Gasteiger partial charge on any atom is 0.263 e. The molecule has 0 atom stereocenters. The summed E-state index contributed by atoms with van der Waals surface area (Å²) in [5, 5.41) is 0. The molecule has 0 aliphatic heterocycles. The summed E-state index contributed by atoms with van der Waals surface area (Å²) in [7, 11) is 4.94. The van der Waals surface area contributed by atoms with E-state index in [4.69, 9.17) is 9.47 Å². The third-order valence-electron chi connectivity index (χ3n) is 4.38. The number of rotatable bonds is 6. The Morgan fingerprint density at radius 1 is 1.19 bits per heavy atom. The zero-order valence-corrected chi connectivity index (χ0v) is 16.3. The minimum atomic E-state index is -0.295. The Morgan fingerprint density at radius 2 is 1.88 bits per heavy atom. The van der Waals surface area contributed by atoms with Crippen molar-refractivity contribution in [1.29, 1.82) is 0 Å². The molecule has 1 aromatic carbocycles. The van der Waals surface area contributed by atoms with Gasteiger partial charge in [-0.25, -0.2) is 0 Å². The van der Waals surface area contributed by atoms with Crippen LogP contribution in [0.2, 0.25) is 0 Å². The van der Waals surface area contributed by atoms with Crippen molar-refractivity contribution >= 4 is 5.91 Å². The molecule has 2 aromatic rings. The third kappa shape index (κ3) is 3.90. The number of ether oxygens (including phenoxy) is 2. The molecule has 6 nitrogen and oxygen atoms in total. The lowest BCUT2D eigenvalue weighted by molar-refractivity contribution is 0.0781. The SMILES string of the molecule is CCOc1cc(CN(C)C(=O)c2c(C)cc(C)n(C)c2=O)ccc1OC. The first kappa shape index (κ1) is 19.6. The number of pyridine rings is 1. The van der Waals surface area contributed by atoms with E-state index in [1.807, 2.05) is 38.1 Å². The van der Waals surface area contributed by atoms with Crippen molar-refractivity contribution in [2.45, 2.75) is 27.3 Å². The maximum atomic E-state index is 12.8. The Hall–Kier alpha value is -2.76. The fraction of sp³-hybridized carbons (Fsp3) is 0.400. The molecule has 1 amide bonds. The number of aryl methyl sites for hydroxylation is 2. The highest BCUT2D eigenvalue weighted by Gasteiger charge is 2.20. The molecule has 0 spiro atoms. The summed E-state index contributed by atoms with van der Waals surface area (Å²) in [6, 6.07) is 7.40. The Bertz CT molecular complexity index is 871. The predicted molar refractivity (Wildman–Crippen MR) is 101 cm³/mol. The van der Waals surface area contributed by atoms with E-state index in [1.54, 1.807) is 28.1 Å². The monoisotopic (exact) mass is 358 g/mol. The van der Waals surface area contributed by atoms with Crippen molar-refractivity contribution in [1.82, 2.24) is 9.47 Å². The Balaban J connectivity index is 2.29. The molecular formula is C20H26N2O4. The van der Waals surface area contributed by atoms with Crippen molar-refractivity contribution in [3.63, 3.8) is 0 Å². The average Bonchev–Trinajstić information content (AvgIpc) is 2.60. The molecule has 0 aliphatic carbocycles. The van der Waals surface area contributed by atoms with Crippen LogP contribution in [0.15, 0.2) is 29.1 Å². The number of methoxy groups -OCH3 is 1. The van der Waals surface area contributed by atoms with Gasteiger partial charge >= 0.3 is 0 Å². The van der Waals surface area contributed by atoms with Crippen LogP contribution in [-0.2, 0) is 13.6 Å². The van der Waals surface area contributed by atoms with Crippen LogP contribution < -0.4 is 15.0 Å². The predicted octanol–water partition coefficient (Wildman–Crippen LogP) is 2.68. The van der Waals surface area contributed by atoms with E-state index in [9.17, 15) is 9.59 Å². The molecule has 0 bridgehead atoms. The van der Waals surface area contributed by atoms with Crippen LogP contribution in [0.25, 0.3) is 0 Å². The Kier molecular flexibility index (Phi) is 6.08. The highest BCUT2D eigenvalue weighted by molar-refractivity contribution is 5.95. The number of amides is 1. The lowest BCUT2D eigenvalue weighted by Crippen LogP contribution is -2.35. The van der Waals surface area contributed by atoms with Gasteiger partial charge in [-0.1, -0.05) is 6.07 Å². The Morgan fingerprint density at radius 3 is 2.50 bits per heavy atom. The zero-order valence-electron chi connectivity index (χ0n) is 16.3. The second kappa shape index (κ2) is 8.08. The molecule has 0 N–H and O–H groups in total. The standard InChI is InChI=1S/C20H26N2O4/c1-7-26-17-11-15(8-9-16(17)25-6)12-21(4)19(23)18-13(2)10-14(3)22(5)20(18)24/h8-11H,7,12H2,1-6H3. The van der Waals surface area contributed by atoms with E-state index in [1.165, 1.54) is 9.47 Å². The summed E-state index contributed by atoms with van der Waals surface area (Å²) in [6.45, 7) is 6.42. The van der Waals surface area contributed by atoms with Gasteiger partial charge in [0.1, 0.15) is 5.56 Å². The van der Waals surface area contributed by atoms with Gasteiger partial charge in [0.2, 0.25) is 0 Å². The summed E-state index contributed by atoms with van der Waals surface area (Å²) in [5.41, 5.74) is 2.34. The fourth-order valence-corrected chi connectivity index (χ4v) is 2.86. The van der Waals surface area contributed by atoms with E-state index >= 15 is 0 Å². The van der Waals surface area contributed by atoms with E-state index in [0.29, 0.717) is 30.2 Å². The number of aromatic nitrogens is 1. The van der Waals surface area contributed by atoms with Crippen molar-refractivity contribution in [3.8, 4) is 11.5 Å². The van der Waals surface area contributed by atoms with E-state index in [2.05, 4.69) is 0 Å². The van der Waals surface area contributed by atoms with Gasteiger partial charge in [0.15, 0.2) is 11.5 Å². The molecular weight excluding hydrogens is 332 g/mol. The van der Waals surface area contributed by atoms with Crippen molar-refractivity contribution in [2.24, 2.45) is 7.05 Å². The number of nitrogens with zero attached hydrogens (tertiary/aromatic N) is 2. The first-order chi connectivity index (χ1) is 12.3. The third-order valence-corrected chi connectivity index (χ3v) is 4.38. The highest BCUT2D eigenvalue weighted by atomic mass is 16.5. The normalized spacial score (nSPS) is 10.5. The van der Waals surface area contributed by atoms with Crippen LogP contribution in [0, 0.1) is 13.8 Å². The topological polar surface area (TPSA) is 60.8 Å². The number of hydrogen-bond acceptors (Lipinski definition) is 4. The molecule has 0 unspecified atom stereocenters. The number of carbonyl (C=O) groups excluding carboxylic acids is 1. The smallest absolute Gasteiger partial charge is 0.263 e. The second-order valence-corrected chi connectivity index (χ2v) is 6.29. The van der Waals surface area contributed by atoms with Crippen LogP contribution >= 0.6 is 0 Å². The quantitative estimate of drug-likeness (QED) is 0.797. The van der Waals surface area contributed by atoms with E-state index in [0.717, 1.165) is 11.3 Å². The molecule has 0 radical (unpaired) electrons. The summed E-state index contributed by atoms with van der Waals surface area (Å²) in [5.74, 6) is 0.987. The van der Waals surface area contributed by atoms with Crippen molar-refractivity contribution < 1.29 is 14.3 Å². The van der Waals surface area contributed by atoms with Gasteiger partial charge in [-0.2, -0.15) is 0 Å². The van der Waals surface area contributed by atoms with Gasteiger partial charge in [-0.3, -0.25) is 9.59 Å². The minimum Gasteiger partial charge on any atom is -0.493 e. The minimum absolute atomic E-state index is 0.208. The molecule has 1 heterocycles. The molecule has 0 saturated heterocycles. The molecule has 0 aliphatic rings. The maximum absolute atomic E-state index is 12.8. The Labute approximate surface area is 154 Å². The molecule has 26 heavy (non-hydrogen) atoms. The van der Waals surface area contributed by atoms with Gasteiger partial charge in [-0.15, -0.1) is 0 Å². The van der Waals surface area contributed by atoms with Crippen LogP contribution in [0.3, 0.4) is 0 Å². The van der Waals surface area contributed by atoms with Crippen LogP contribution in [-0.4, -0.2) is 36.1 Å². The molecule has 2 rings (SSSR count). The lowest BCUT2D eigenvalue weighted by atomic mass is 10.1. The molecule has 140 valence electrons. The van der Waals surface area contributed by atoms with Crippen LogP contribution in [0.4, 0.5) is 0 Å². The molecule has 6 heteroatoms. The zero-order chi connectivity index (χ0) is 19.4. The largest absolute Gasteiger partial charge is 0.493 e. The van der Waals surface area contributed by atoms with Gasteiger partial charge in [0.05, 0.1) is 13.7 Å². The van der Waals surface area contributed by atoms with E-state index in [-0.39, 0.29) is 17.0 Å². The number of benzene rings is 1. The van der Waals surface area contributed by atoms with Crippen LogP contribution in [0.5, 0.6) is 11.5 Å². The van der Waals surface area contributed by atoms with Gasteiger partial charge in [0.25, 0.3) is 11.5 Å². The number of carbonyl (C=O) groups is 1. The van der Waals surface area contributed by atoms with Crippen molar-refractivity contribution in [3.05, 3.63) is 57.0 Å². The molecule has 0 saturated carbocycles. The van der Waals surface area contributed by atoms with Crippen LogP contribution in [0.1, 0.15) is 34.1 Å². The average molecular weight is 358 g/mol. The summed E-state index contributed by atoms with van der Waals surface area (Å²) < 4.78 is 12.4. The van der Waals surface area contributed by atoms with Gasteiger partial charge < -0.3 is 18.9 Å². The van der Waals surface area contributed by atoms with Crippen molar-refractivity contribution in [2.75, 3.05) is 20.8 Å². The summed E-state index contributed by atoms with van der Waals surface area (Å²) >= 11 is 0. The lowest BCUT2D eigenvalue weighted by Gasteiger charge is -2.20. The fourth-order valence-electron chi connectivity index (χ4n) is 2.86. The van der Waals surface area contributed by atoms with E-state index < -0.39 is 0 Å². The summed E-state index contributed by atoms with van der Waals surface area (Å²) in [4.78, 5) is 26.9. The van der Waals surface area contributed by atoms with Gasteiger partial charge in [-0.05, 0) is 50.1 Å². The number of hydrogen-bond donors (Lipinski definition) is 0.